The number of piperazine rings is 1. The average Bonchev–Trinajstić information content (AvgIpc) is 2.71. The van der Waals surface area contributed by atoms with Crippen molar-refractivity contribution in [2.75, 3.05) is 44.6 Å². The molecule has 1 saturated heterocycles. The van der Waals surface area contributed by atoms with Gasteiger partial charge in [-0.3, -0.25) is 19.4 Å². The second-order valence-electron chi connectivity index (χ2n) is 6.98. The van der Waals surface area contributed by atoms with Crippen LogP contribution in [0.1, 0.15) is 5.56 Å². The van der Waals surface area contributed by atoms with Crippen LogP contribution in [-0.4, -0.2) is 60.9 Å². The molecule has 0 atom stereocenters. The Morgan fingerprint density at radius 1 is 0.828 bits per heavy atom. The molecular formula is C21H24Cl2N4O2. The minimum atomic E-state index is -0.0905. The number of halogens is 2. The van der Waals surface area contributed by atoms with E-state index in [9.17, 15) is 9.59 Å². The maximum Gasteiger partial charge on any atom is 0.238 e. The van der Waals surface area contributed by atoms with E-state index in [-0.39, 0.29) is 11.8 Å². The molecule has 2 aromatic rings. The van der Waals surface area contributed by atoms with Crippen molar-refractivity contribution >= 4 is 40.7 Å². The molecule has 2 aromatic carbocycles. The predicted octanol–water partition coefficient (Wildman–Crippen LogP) is 2.87. The first-order chi connectivity index (χ1) is 14.0. The number of carbonyl (C=O) groups excluding carboxylic acids is 2. The van der Waals surface area contributed by atoms with Gasteiger partial charge in [0, 0.05) is 37.7 Å². The highest BCUT2D eigenvalue weighted by molar-refractivity contribution is 6.33. The smallest absolute Gasteiger partial charge is 0.238 e. The first kappa shape index (κ1) is 21.6. The molecule has 1 aliphatic heterocycles. The van der Waals surface area contributed by atoms with Crippen molar-refractivity contribution < 1.29 is 9.59 Å². The second kappa shape index (κ2) is 10.6. The van der Waals surface area contributed by atoms with Gasteiger partial charge in [0.05, 0.1) is 23.8 Å². The Balaban J connectivity index is 1.35. The Morgan fingerprint density at radius 2 is 1.41 bits per heavy atom. The molecule has 2 amide bonds. The number of amides is 2. The number of para-hydroxylation sites is 1. The Hall–Kier alpha value is -2.12. The average molecular weight is 435 g/mol. The third kappa shape index (κ3) is 7.01. The summed E-state index contributed by atoms with van der Waals surface area (Å²) >= 11 is 11.9. The lowest BCUT2D eigenvalue weighted by molar-refractivity contribution is -0.123. The highest BCUT2D eigenvalue weighted by Crippen LogP contribution is 2.20. The zero-order chi connectivity index (χ0) is 20.6. The summed E-state index contributed by atoms with van der Waals surface area (Å²) in [5, 5.41) is 6.97. The van der Waals surface area contributed by atoms with Crippen LogP contribution < -0.4 is 10.6 Å². The second-order valence-corrected chi connectivity index (χ2v) is 7.83. The number of nitrogens with zero attached hydrogens (tertiary/aromatic N) is 2. The molecule has 0 aliphatic carbocycles. The molecular weight excluding hydrogens is 411 g/mol. The normalized spacial score (nSPS) is 15.1. The van der Waals surface area contributed by atoms with Crippen LogP contribution in [0.3, 0.4) is 0 Å². The van der Waals surface area contributed by atoms with Crippen molar-refractivity contribution in [3.63, 3.8) is 0 Å². The molecule has 0 spiro atoms. The zero-order valence-corrected chi connectivity index (χ0v) is 17.5. The fraction of sp³-hybridized carbons (Fsp3) is 0.333. The third-order valence-electron chi connectivity index (χ3n) is 4.75. The van der Waals surface area contributed by atoms with Crippen molar-refractivity contribution in [1.29, 1.82) is 0 Å². The molecule has 0 unspecified atom stereocenters. The quantitative estimate of drug-likeness (QED) is 0.702. The van der Waals surface area contributed by atoms with Crippen molar-refractivity contribution in [2.45, 2.75) is 6.54 Å². The summed E-state index contributed by atoms with van der Waals surface area (Å²) in [6, 6.07) is 14.6. The van der Waals surface area contributed by atoms with Gasteiger partial charge in [-0.05, 0) is 29.8 Å². The predicted molar refractivity (Wildman–Crippen MR) is 116 cm³/mol. The van der Waals surface area contributed by atoms with Crippen LogP contribution in [0, 0.1) is 0 Å². The summed E-state index contributed by atoms with van der Waals surface area (Å²) in [6.07, 6.45) is 0. The monoisotopic (exact) mass is 434 g/mol. The van der Waals surface area contributed by atoms with Gasteiger partial charge >= 0.3 is 0 Å². The van der Waals surface area contributed by atoms with Crippen molar-refractivity contribution in [3.05, 3.63) is 64.1 Å². The van der Waals surface area contributed by atoms with Gasteiger partial charge in [0.1, 0.15) is 0 Å². The van der Waals surface area contributed by atoms with E-state index >= 15 is 0 Å². The van der Waals surface area contributed by atoms with Crippen LogP contribution in [0.15, 0.2) is 48.5 Å². The number of hydrogen-bond acceptors (Lipinski definition) is 4. The summed E-state index contributed by atoms with van der Waals surface area (Å²) in [6.45, 7) is 4.11. The van der Waals surface area contributed by atoms with Crippen molar-refractivity contribution in [1.82, 2.24) is 15.1 Å². The number of rotatable bonds is 7. The molecule has 2 N–H and O–H groups in total. The van der Waals surface area contributed by atoms with Crippen LogP contribution in [0.5, 0.6) is 0 Å². The van der Waals surface area contributed by atoms with E-state index in [0.717, 1.165) is 31.7 Å². The van der Waals surface area contributed by atoms with Crippen LogP contribution >= 0.6 is 23.2 Å². The van der Waals surface area contributed by atoms with Gasteiger partial charge in [-0.15, -0.1) is 0 Å². The van der Waals surface area contributed by atoms with E-state index < -0.39 is 0 Å². The molecule has 0 aromatic heterocycles. The lowest BCUT2D eigenvalue weighted by Gasteiger charge is -2.33. The number of hydrogen-bond donors (Lipinski definition) is 2. The SMILES string of the molecule is O=C(CN1CCN(CC(=O)Nc2ccccc2Cl)CC1)NCc1ccc(Cl)cc1. The number of anilines is 1. The number of carbonyl (C=O) groups is 2. The minimum Gasteiger partial charge on any atom is -0.351 e. The van der Waals surface area contributed by atoms with Gasteiger partial charge in [-0.1, -0.05) is 47.5 Å². The van der Waals surface area contributed by atoms with Crippen LogP contribution in [0.25, 0.3) is 0 Å². The Kier molecular flexibility index (Phi) is 7.89. The summed E-state index contributed by atoms with van der Waals surface area (Å²) in [5.74, 6) is -0.0999. The fourth-order valence-electron chi connectivity index (χ4n) is 3.12. The zero-order valence-electron chi connectivity index (χ0n) is 16.0. The molecule has 1 aliphatic rings. The van der Waals surface area contributed by atoms with Crippen LogP contribution in [0.2, 0.25) is 10.0 Å². The maximum absolute atomic E-state index is 12.2. The molecule has 6 nitrogen and oxygen atoms in total. The van der Waals surface area contributed by atoms with Crippen molar-refractivity contribution in [2.24, 2.45) is 0 Å². The molecule has 1 heterocycles. The Bertz CT molecular complexity index is 837. The van der Waals surface area contributed by atoms with E-state index in [4.69, 9.17) is 23.2 Å². The highest BCUT2D eigenvalue weighted by Gasteiger charge is 2.20. The maximum atomic E-state index is 12.2. The minimum absolute atomic E-state index is 0.00939. The molecule has 29 heavy (non-hydrogen) atoms. The molecule has 0 radical (unpaired) electrons. The van der Waals surface area contributed by atoms with Crippen LogP contribution in [0.4, 0.5) is 5.69 Å². The van der Waals surface area contributed by atoms with E-state index in [1.54, 1.807) is 12.1 Å². The van der Waals surface area contributed by atoms with Gasteiger partial charge in [-0.2, -0.15) is 0 Å². The van der Waals surface area contributed by atoms with Gasteiger partial charge in [0.15, 0.2) is 0 Å². The molecule has 1 fully saturated rings. The standard InChI is InChI=1S/C21H24Cl2N4O2/c22-17-7-5-16(6-8-17)13-24-20(28)14-26-9-11-27(12-10-26)15-21(29)25-19-4-2-1-3-18(19)23/h1-8H,9-15H2,(H,24,28)(H,25,29). The summed E-state index contributed by atoms with van der Waals surface area (Å²) in [7, 11) is 0. The van der Waals surface area contributed by atoms with Crippen LogP contribution in [-0.2, 0) is 16.1 Å². The molecule has 154 valence electrons. The van der Waals surface area contributed by atoms with Gasteiger partial charge in [0.2, 0.25) is 11.8 Å². The van der Waals surface area contributed by atoms with E-state index in [0.29, 0.717) is 35.4 Å². The van der Waals surface area contributed by atoms with Gasteiger partial charge in [0.25, 0.3) is 0 Å². The molecule has 8 heteroatoms. The third-order valence-corrected chi connectivity index (χ3v) is 5.33. The lowest BCUT2D eigenvalue weighted by atomic mass is 10.2. The topological polar surface area (TPSA) is 64.7 Å². The summed E-state index contributed by atoms with van der Waals surface area (Å²) in [5.41, 5.74) is 1.63. The first-order valence-corrected chi connectivity index (χ1v) is 10.3. The Labute approximate surface area is 180 Å². The largest absolute Gasteiger partial charge is 0.351 e. The highest BCUT2D eigenvalue weighted by atomic mass is 35.5. The van der Waals surface area contributed by atoms with Crippen molar-refractivity contribution in [3.8, 4) is 0 Å². The summed E-state index contributed by atoms with van der Waals surface area (Å²) < 4.78 is 0. The molecule has 3 rings (SSSR count). The van der Waals surface area contributed by atoms with Gasteiger partial charge in [-0.25, -0.2) is 0 Å². The summed E-state index contributed by atoms with van der Waals surface area (Å²) in [4.78, 5) is 28.6. The fourth-order valence-corrected chi connectivity index (χ4v) is 3.43. The van der Waals surface area contributed by atoms with Gasteiger partial charge < -0.3 is 10.6 Å². The molecule has 0 bridgehead atoms. The van der Waals surface area contributed by atoms with E-state index in [1.807, 2.05) is 36.4 Å². The number of nitrogens with one attached hydrogen (secondary N) is 2. The molecule has 0 saturated carbocycles. The number of benzene rings is 2. The first-order valence-electron chi connectivity index (χ1n) is 9.50. The Morgan fingerprint density at radius 3 is 2.03 bits per heavy atom. The van der Waals surface area contributed by atoms with E-state index in [2.05, 4.69) is 20.4 Å². The lowest BCUT2D eigenvalue weighted by Crippen LogP contribution is -2.50. The van der Waals surface area contributed by atoms with E-state index in [1.165, 1.54) is 0 Å².